The first-order chi connectivity index (χ1) is 56.8. The van der Waals surface area contributed by atoms with Crippen molar-refractivity contribution in [1.82, 2.24) is 37.2 Å². The smallest absolute Gasteiger partial charge is 0.341 e. The highest BCUT2D eigenvalue weighted by Gasteiger charge is 2.52. The first kappa shape index (κ1) is 91.5. The van der Waals surface area contributed by atoms with Crippen LogP contribution in [-0.2, 0) is 77.6 Å². The van der Waals surface area contributed by atoms with E-state index < -0.39 is 287 Å². The molecule has 8 amide bonds. The lowest BCUT2D eigenvalue weighted by Crippen LogP contribution is -2.64. The number of aliphatic hydroxyl groups is 6. The molecule has 0 aliphatic carbocycles. The van der Waals surface area contributed by atoms with E-state index in [4.69, 9.17) is 67.8 Å². The number of amides is 8. The van der Waals surface area contributed by atoms with Gasteiger partial charge in [-0.05, 0) is 134 Å². The van der Waals surface area contributed by atoms with Crippen LogP contribution in [0.3, 0.4) is 0 Å². The number of ether oxygens (including phenoxy) is 7. The van der Waals surface area contributed by atoms with Crippen molar-refractivity contribution < 1.29 is 151 Å². The van der Waals surface area contributed by atoms with E-state index in [0.29, 0.717) is 6.07 Å². The quantitative estimate of drug-likeness (QED) is 0.0364. The molecule has 0 spiro atoms. The maximum Gasteiger partial charge on any atom is 0.341 e. The number of phenols is 3. The lowest BCUT2D eigenvalue weighted by Gasteiger charge is -2.47. The standard InChI is InChI=1S/C76H88Cl2N10O31P2/c1-29(2)16-42(81-5)68(100)87-59-61(95)33-9-14-46(40(77)19-33)115-48-21-35-22-49(65(48)119-75-66(64(98)63(97)50(27-89)117-75)118-53-26-76(4,80)67(99)30(3)114-53)116-47-15-10-34(20-41(47)78)62(96)60-73(105)86-58(74(106)113-28-52(94)82-36-11-6-31(7-12-36)17-54(120(107,108)109)121(110,111)112)39-23-37(90)24-45(92)55(39)38-18-32(8-13-44(38)91)56(70(102)88-60)85-71(103)57(35)84-69(101)43(25-51(79)93)83-72(59)104/h6-15,18-24,29-30,42-43,50,53-54,56-64,66-67,75,81,89-92,95-99H,16-17,25-28,80H2,1-5H3,(H2,79,93)(H,82,94)(H,83,104)(H,84,101)(H,85,103)(H,86,105)(H,87,100)(H,88,102)(H2,107,108,109)(H2,110,111,112)/t30?,42?,43?,50?,53?,56?,57?,58-,59?,60?,61+,62-,63?,64?,66?,67?,75?,76+/m1/s1. The molecule has 41 nitrogen and oxygen atoms in total. The Kier molecular flexibility index (Phi) is 28.2. The van der Waals surface area contributed by atoms with Crippen molar-refractivity contribution in [2.24, 2.45) is 17.4 Å². The molecule has 13 rings (SSSR count). The molecule has 0 radical (unpaired) electrons. The summed E-state index contributed by atoms with van der Waals surface area (Å²) in [5.41, 5.74) is 7.39. The van der Waals surface area contributed by atoms with Gasteiger partial charge in [0, 0.05) is 40.4 Å². The van der Waals surface area contributed by atoms with E-state index in [9.17, 15) is 98.6 Å². The van der Waals surface area contributed by atoms with Gasteiger partial charge in [0.05, 0.1) is 41.3 Å². The summed E-state index contributed by atoms with van der Waals surface area (Å²) in [6, 6.07) is 2.78. The third kappa shape index (κ3) is 20.9. The molecular formula is C76H88Cl2N10O31P2. The van der Waals surface area contributed by atoms with E-state index in [-0.39, 0.29) is 46.9 Å². The Hall–Kier alpha value is -10.2. The van der Waals surface area contributed by atoms with Crippen molar-refractivity contribution in [3.63, 3.8) is 0 Å². The van der Waals surface area contributed by atoms with Crippen LogP contribution in [0, 0.1) is 5.92 Å². The number of aromatic hydroxyl groups is 3. The van der Waals surface area contributed by atoms with Crippen LogP contribution in [0.15, 0.2) is 103 Å². The molecule has 6 aromatic carbocycles. The molecule has 25 N–H and O–H groups in total. The largest absolute Gasteiger partial charge is 0.508 e. The van der Waals surface area contributed by atoms with Crippen LogP contribution in [0.5, 0.6) is 46.0 Å². The Morgan fingerprint density at radius 2 is 1.28 bits per heavy atom. The van der Waals surface area contributed by atoms with Crippen molar-refractivity contribution in [2.75, 3.05) is 25.6 Å². The number of hydrogen-bond acceptors (Lipinski definition) is 29. The second kappa shape index (κ2) is 37.2. The van der Waals surface area contributed by atoms with Gasteiger partial charge in [-0.15, -0.1) is 0 Å². The highest BCUT2D eigenvalue weighted by atomic mass is 35.5. The first-order valence-corrected chi connectivity index (χ1v) is 41.3. The van der Waals surface area contributed by atoms with Crippen molar-refractivity contribution in [3.05, 3.63) is 147 Å². The zero-order valence-corrected chi connectivity index (χ0v) is 67.8. The molecule has 7 aliphatic heterocycles. The molecule has 14 unspecified atom stereocenters. The summed E-state index contributed by atoms with van der Waals surface area (Å²) in [4.78, 5) is 173. The average Bonchev–Trinajstić information content (AvgIpc) is 0.762. The number of benzene rings is 6. The van der Waals surface area contributed by atoms with Crippen molar-refractivity contribution in [3.8, 4) is 57.1 Å². The minimum absolute atomic E-state index is 0.000670. The molecule has 7 heterocycles. The number of primary amides is 1. The van der Waals surface area contributed by atoms with Crippen LogP contribution >= 0.6 is 38.4 Å². The first-order valence-electron chi connectivity index (χ1n) is 37.2. The summed E-state index contributed by atoms with van der Waals surface area (Å²) < 4.78 is 67.9. The molecule has 45 heteroatoms. The predicted octanol–water partition coefficient (Wildman–Crippen LogP) is 0.428. The Morgan fingerprint density at radius 1 is 0.686 bits per heavy atom. The van der Waals surface area contributed by atoms with Crippen molar-refractivity contribution in [1.29, 1.82) is 0 Å². The normalized spacial score (nSPS) is 26.8. The fraction of sp³-hybridized carbons (Fsp3) is 0.408. The van der Waals surface area contributed by atoms with Gasteiger partial charge in [0.25, 0.3) is 5.91 Å². The van der Waals surface area contributed by atoms with Gasteiger partial charge < -0.3 is 153 Å². The number of carbonyl (C=O) groups is 9. The molecule has 0 aromatic heterocycles. The number of hydrogen-bond donors (Lipinski definition) is 23. The number of nitrogens with two attached hydrogens (primary N) is 2. The summed E-state index contributed by atoms with van der Waals surface area (Å²) >= 11 is 14.2. The van der Waals surface area contributed by atoms with Crippen LogP contribution < -0.4 is 68.2 Å². The Labute approximate surface area is 696 Å². The van der Waals surface area contributed by atoms with Crippen molar-refractivity contribution in [2.45, 2.75) is 168 Å². The number of rotatable bonds is 20. The number of fused-ring (bicyclic) bond motifs is 15. The summed E-state index contributed by atoms with van der Waals surface area (Å²) in [5, 5.41) is 122. The summed E-state index contributed by atoms with van der Waals surface area (Å²) in [7, 11) is -9.27. The van der Waals surface area contributed by atoms with E-state index in [1.165, 1.54) is 27.0 Å². The van der Waals surface area contributed by atoms with Gasteiger partial charge in [0.1, 0.15) is 89.5 Å². The highest BCUT2D eigenvalue weighted by molar-refractivity contribution is 7.70. The van der Waals surface area contributed by atoms with E-state index >= 15 is 19.2 Å². The molecule has 11 bridgehead atoms. The highest BCUT2D eigenvalue weighted by Crippen LogP contribution is 2.61. The van der Waals surface area contributed by atoms with Crippen LogP contribution in [0.2, 0.25) is 10.0 Å². The Bertz CT molecular complexity index is 5080. The lowest BCUT2D eigenvalue weighted by atomic mass is 9.86. The van der Waals surface area contributed by atoms with Crippen LogP contribution in [0.25, 0.3) is 11.1 Å². The summed E-state index contributed by atoms with van der Waals surface area (Å²) in [5.74, 6) is -17.9. The van der Waals surface area contributed by atoms with E-state index in [1.807, 2.05) is 0 Å². The van der Waals surface area contributed by atoms with Gasteiger partial charge in [-0.1, -0.05) is 67.4 Å². The average molecular weight is 1770 g/mol. The van der Waals surface area contributed by atoms with E-state index in [2.05, 4.69) is 42.5 Å². The van der Waals surface area contributed by atoms with Crippen molar-refractivity contribution >= 4 is 97.3 Å². The number of carbonyl (C=O) groups excluding carboxylic acids is 9. The zero-order chi connectivity index (χ0) is 88.5. The fourth-order valence-electron chi connectivity index (χ4n) is 14.3. The third-order valence-electron chi connectivity index (χ3n) is 20.5. The van der Waals surface area contributed by atoms with Gasteiger partial charge in [-0.3, -0.25) is 47.5 Å². The number of esters is 1. The molecule has 652 valence electrons. The molecule has 6 aromatic rings. The monoisotopic (exact) mass is 1770 g/mol. The number of nitrogens with one attached hydrogen (secondary N) is 8. The number of likely N-dealkylation sites (N-methyl/N-ethyl adjacent to an activating group) is 1. The minimum atomic E-state index is -5.36. The molecule has 0 saturated carbocycles. The van der Waals surface area contributed by atoms with E-state index in [1.54, 1.807) is 13.8 Å². The van der Waals surface area contributed by atoms with E-state index in [0.717, 1.165) is 91.0 Å². The predicted molar refractivity (Wildman–Crippen MR) is 419 cm³/mol. The van der Waals surface area contributed by atoms with Gasteiger partial charge in [-0.2, -0.15) is 0 Å². The Balaban J connectivity index is 1.09. The zero-order valence-electron chi connectivity index (χ0n) is 64.5. The lowest BCUT2D eigenvalue weighted by molar-refractivity contribution is -0.333. The Morgan fingerprint density at radius 3 is 1.86 bits per heavy atom. The maximum absolute atomic E-state index is 16.3. The van der Waals surface area contributed by atoms with Gasteiger partial charge in [0.2, 0.25) is 53.4 Å². The number of phenolic OH excluding ortho intramolecular Hbond substituents is 3. The third-order valence-corrected chi connectivity index (χ3v) is 24.9. The van der Waals surface area contributed by atoms with Crippen LogP contribution in [0.1, 0.15) is 111 Å². The second-order valence-corrected chi connectivity index (χ2v) is 34.9. The minimum Gasteiger partial charge on any atom is -0.508 e. The number of anilines is 1. The molecule has 18 atom stereocenters. The molecular weight excluding hydrogens is 1680 g/mol. The summed E-state index contributed by atoms with van der Waals surface area (Å²) in [6.45, 7) is 4.30. The van der Waals surface area contributed by atoms with Crippen LogP contribution in [0.4, 0.5) is 5.69 Å². The molecule has 7 aliphatic rings. The van der Waals surface area contributed by atoms with Gasteiger partial charge in [-0.25, -0.2) is 4.79 Å². The molecule has 2 saturated heterocycles. The number of aliphatic hydroxyl groups excluding tert-OH is 6. The SMILES string of the molecule is CNC(CC(C)C)C(=O)NC1C(=O)NC(CC(N)=O)C(=O)NC2C(=O)NC3C(=O)NC(C(=O)N[C@@H](C(=O)OCC(=O)Nc4ccc(CC(P(=O)(O)O)P(=O)(O)O)cc4)c4cc(O)cc(O)c4-c4cc3ccc4O)[C@H](O)c3ccc(c(Cl)c3)Oc3cc2cc(c3OC2OC(CO)C(O)C(O)C2OC2C[C@](C)(N)C(O)C(C)O2)Oc2ccc(cc2Cl)[C@@H]1O. The van der Waals surface area contributed by atoms with Gasteiger partial charge in [0.15, 0.2) is 41.9 Å². The van der Waals surface area contributed by atoms with Crippen LogP contribution in [-0.4, -0.2) is 223 Å². The van der Waals surface area contributed by atoms with Gasteiger partial charge >= 0.3 is 21.2 Å². The molecule has 121 heavy (non-hydrogen) atoms. The molecule has 2 fully saturated rings. The number of halogens is 2. The maximum atomic E-state index is 16.3. The second-order valence-electron chi connectivity index (χ2n) is 30.1. The topological polar surface area (TPSA) is 664 Å². The summed E-state index contributed by atoms with van der Waals surface area (Å²) in [6.07, 6.45) is -20.0. The fourth-order valence-corrected chi connectivity index (χ4v) is 17.2.